The monoisotopic (exact) mass is 419 g/mol. The Hall–Kier alpha value is -3.23. The molecular weight excluding hydrogens is 399 g/mol. The number of anilines is 2. The van der Waals surface area contributed by atoms with E-state index in [-0.39, 0.29) is 12.2 Å². The largest absolute Gasteiger partial charge is 0.420 e. The quantitative estimate of drug-likeness (QED) is 0.687. The summed E-state index contributed by atoms with van der Waals surface area (Å²) >= 11 is 0. The van der Waals surface area contributed by atoms with Crippen molar-refractivity contribution in [1.82, 2.24) is 4.57 Å². The number of nitrogens with one attached hydrogen (secondary N) is 1. The van der Waals surface area contributed by atoms with Crippen LogP contribution in [-0.2, 0) is 17.5 Å². The predicted octanol–water partition coefficient (Wildman–Crippen LogP) is 4.24. The maximum absolute atomic E-state index is 13.2. The fourth-order valence-electron chi connectivity index (χ4n) is 3.72. The third kappa shape index (κ3) is 4.05. The Labute approximate surface area is 169 Å². The Kier molecular flexibility index (Phi) is 5.27. The van der Waals surface area contributed by atoms with Gasteiger partial charge in [-0.1, -0.05) is 12.1 Å². The van der Waals surface area contributed by atoms with E-state index in [0.29, 0.717) is 29.9 Å². The zero-order valence-electron chi connectivity index (χ0n) is 16.0. The van der Waals surface area contributed by atoms with E-state index in [1.54, 1.807) is 24.3 Å². The average molecular weight is 419 g/mol. The number of fused-ring (bicyclic) bond motifs is 1. The van der Waals surface area contributed by atoms with Gasteiger partial charge in [0.05, 0.1) is 22.5 Å². The lowest BCUT2D eigenvalue weighted by Crippen LogP contribution is -2.31. The van der Waals surface area contributed by atoms with Crippen molar-refractivity contribution in [2.75, 3.05) is 23.3 Å². The lowest BCUT2D eigenvalue weighted by atomic mass is 10.1. The van der Waals surface area contributed by atoms with Crippen LogP contribution in [0.3, 0.4) is 0 Å². The highest BCUT2D eigenvalue weighted by Crippen LogP contribution is 2.36. The molecule has 2 heterocycles. The molecule has 6 nitrogen and oxygen atoms in total. The number of oxazole rings is 1. The Balaban J connectivity index is 1.63. The molecule has 1 aromatic heterocycles. The second kappa shape index (κ2) is 7.89. The van der Waals surface area contributed by atoms with E-state index in [4.69, 9.17) is 4.42 Å². The summed E-state index contributed by atoms with van der Waals surface area (Å²) in [6, 6.07) is 9.99. The highest BCUT2D eigenvalue weighted by Gasteiger charge is 2.32. The van der Waals surface area contributed by atoms with Crippen molar-refractivity contribution in [3.05, 3.63) is 58.6 Å². The molecule has 0 spiro atoms. The van der Waals surface area contributed by atoms with Crippen molar-refractivity contribution in [2.24, 2.45) is 0 Å². The summed E-state index contributed by atoms with van der Waals surface area (Å²) in [5.41, 5.74) is 0.559. The zero-order valence-corrected chi connectivity index (χ0v) is 16.0. The van der Waals surface area contributed by atoms with Crippen LogP contribution in [0.25, 0.3) is 11.1 Å². The minimum Gasteiger partial charge on any atom is -0.408 e. The van der Waals surface area contributed by atoms with E-state index in [2.05, 4.69) is 5.32 Å². The van der Waals surface area contributed by atoms with Crippen LogP contribution in [-0.4, -0.2) is 23.6 Å². The summed E-state index contributed by atoms with van der Waals surface area (Å²) < 4.78 is 45.9. The lowest BCUT2D eigenvalue weighted by molar-refractivity contribution is -0.137. The van der Waals surface area contributed by atoms with E-state index >= 15 is 0 Å². The third-order valence-electron chi connectivity index (χ3n) is 5.17. The number of hydrogen-bond acceptors (Lipinski definition) is 4. The Morgan fingerprint density at radius 1 is 1.07 bits per heavy atom. The molecular formula is C21H20F3N3O3. The summed E-state index contributed by atoms with van der Waals surface area (Å²) in [6.07, 6.45) is -1.59. The first-order chi connectivity index (χ1) is 14.3. The van der Waals surface area contributed by atoms with Gasteiger partial charge in [0.25, 0.3) is 0 Å². The number of carbonyl (C=O) groups excluding carboxylic acids is 1. The molecule has 2 aromatic carbocycles. The van der Waals surface area contributed by atoms with Crippen LogP contribution >= 0.6 is 0 Å². The van der Waals surface area contributed by atoms with Crippen molar-refractivity contribution in [3.8, 4) is 0 Å². The Morgan fingerprint density at radius 3 is 2.53 bits per heavy atom. The van der Waals surface area contributed by atoms with Gasteiger partial charge in [0.2, 0.25) is 5.91 Å². The molecule has 3 aromatic rings. The number of para-hydroxylation sites is 2. The van der Waals surface area contributed by atoms with Crippen LogP contribution in [0.4, 0.5) is 24.5 Å². The van der Waals surface area contributed by atoms with Crippen LogP contribution in [0, 0.1) is 0 Å². The van der Waals surface area contributed by atoms with E-state index in [9.17, 15) is 22.8 Å². The van der Waals surface area contributed by atoms with Crippen LogP contribution in [0.2, 0.25) is 0 Å². The van der Waals surface area contributed by atoms with Crippen LogP contribution in [0.15, 0.2) is 51.7 Å². The fraction of sp³-hybridized carbons (Fsp3) is 0.333. The molecule has 0 saturated carbocycles. The van der Waals surface area contributed by atoms with Crippen molar-refractivity contribution < 1.29 is 22.4 Å². The molecule has 1 fully saturated rings. The molecule has 1 N–H and O–H groups in total. The first kappa shape index (κ1) is 20.1. The smallest absolute Gasteiger partial charge is 0.408 e. The van der Waals surface area contributed by atoms with Gasteiger partial charge in [-0.15, -0.1) is 0 Å². The minimum absolute atomic E-state index is 0.0811. The molecule has 0 radical (unpaired) electrons. The SMILES string of the molecule is O=C(Cn1c(=O)oc2ccccc21)Nc1cc(C(F)(F)F)ccc1N1CCCCC1. The van der Waals surface area contributed by atoms with E-state index in [1.807, 2.05) is 4.90 Å². The first-order valence-corrected chi connectivity index (χ1v) is 9.67. The topological polar surface area (TPSA) is 67.5 Å². The van der Waals surface area contributed by atoms with Crippen molar-refractivity contribution in [3.63, 3.8) is 0 Å². The molecule has 1 saturated heterocycles. The molecule has 1 aliphatic heterocycles. The van der Waals surface area contributed by atoms with Crippen LogP contribution < -0.4 is 16.0 Å². The lowest BCUT2D eigenvalue weighted by Gasteiger charge is -2.31. The minimum atomic E-state index is -4.53. The number of carbonyl (C=O) groups is 1. The predicted molar refractivity (Wildman–Crippen MR) is 107 cm³/mol. The zero-order chi connectivity index (χ0) is 21.3. The Morgan fingerprint density at radius 2 is 1.80 bits per heavy atom. The maximum atomic E-state index is 13.2. The standard InChI is InChI=1S/C21H20F3N3O3/c22-21(23,24)14-8-9-16(26-10-4-1-5-11-26)15(12-14)25-19(28)13-27-17-6-2-3-7-18(17)30-20(27)29/h2-3,6-9,12H,1,4-5,10-11,13H2,(H,25,28). The van der Waals surface area contributed by atoms with Gasteiger partial charge in [0.1, 0.15) is 6.54 Å². The van der Waals surface area contributed by atoms with E-state index in [1.165, 1.54) is 6.07 Å². The normalized spacial score (nSPS) is 14.8. The van der Waals surface area contributed by atoms with Crippen LogP contribution in [0.5, 0.6) is 0 Å². The maximum Gasteiger partial charge on any atom is 0.420 e. The highest BCUT2D eigenvalue weighted by molar-refractivity contribution is 5.95. The van der Waals surface area contributed by atoms with E-state index in [0.717, 1.165) is 36.0 Å². The second-order valence-electron chi connectivity index (χ2n) is 7.25. The second-order valence-corrected chi connectivity index (χ2v) is 7.25. The number of rotatable bonds is 4. The summed E-state index contributed by atoms with van der Waals surface area (Å²) in [6.45, 7) is 1.05. The highest BCUT2D eigenvalue weighted by atomic mass is 19.4. The van der Waals surface area contributed by atoms with E-state index < -0.39 is 23.4 Å². The summed E-state index contributed by atoms with van der Waals surface area (Å²) in [7, 11) is 0. The van der Waals surface area contributed by atoms with Crippen molar-refractivity contribution >= 4 is 28.4 Å². The molecule has 158 valence electrons. The van der Waals surface area contributed by atoms with Gasteiger partial charge < -0.3 is 14.6 Å². The molecule has 0 aliphatic carbocycles. The van der Waals surface area contributed by atoms with Crippen LogP contribution in [0.1, 0.15) is 24.8 Å². The van der Waals surface area contributed by atoms with Gasteiger partial charge in [0, 0.05) is 13.1 Å². The number of alkyl halides is 3. The summed E-state index contributed by atoms with van der Waals surface area (Å²) in [5, 5.41) is 2.57. The Bertz CT molecular complexity index is 1130. The van der Waals surface area contributed by atoms with Gasteiger partial charge >= 0.3 is 11.9 Å². The molecule has 0 unspecified atom stereocenters. The van der Waals surface area contributed by atoms with Gasteiger partial charge in [-0.2, -0.15) is 13.2 Å². The summed E-state index contributed by atoms with van der Waals surface area (Å²) in [5.74, 6) is -1.31. The average Bonchev–Trinajstić information content (AvgIpc) is 3.03. The molecule has 0 bridgehead atoms. The fourth-order valence-corrected chi connectivity index (χ4v) is 3.72. The van der Waals surface area contributed by atoms with Crippen molar-refractivity contribution in [2.45, 2.75) is 32.0 Å². The molecule has 0 atom stereocenters. The molecule has 9 heteroatoms. The number of aromatic nitrogens is 1. The van der Waals surface area contributed by atoms with Gasteiger partial charge in [-0.25, -0.2) is 4.79 Å². The number of hydrogen-bond donors (Lipinski definition) is 1. The molecule has 30 heavy (non-hydrogen) atoms. The number of amides is 1. The number of benzene rings is 2. The van der Waals surface area contributed by atoms with Gasteiger partial charge in [0.15, 0.2) is 5.58 Å². The third-order valence-corrected chi connectivity index (χ3v) is 5.17. The number of halogens is 3. The summed E-state index contributed by atoms with van der Waals surface area (Å²) in [4.78, 5) is 26.7. The van der Waals surface area contributed by atoms with Crippen molar-refractivity contribution in [1.29, 1.82) is 0 Å². The number of nitrogens with zero attached hydrogens (tertiary/aromatic N) is 2. The van der Waals surface area contributed by atoms with Gasteiger partial charge in [-0.05, 0) is 49.6 Å². The molecule has 1 amide bonds. The molecule has 4 rings (SSSR count). The number of piperidine rings is 1. The van der Waals surface area contributed by atoms with Gasteiger partial charge in [-0.3, -0.25) is 9.36 Å². The first-order valence-electron chi connectivity index (χ1n) is 9.67. The molecule has 1 aliphatic rings.